The predicted octanol–water partition coefficient (Wildman–Crippen LogP) is 3.94. The maximum absolute atomic E-state index is 12.8. The first-order valence-electron chi connectivity index (χ1n) is 11.0. The molecule has 1 fully saturated rings. The number of alkyl halides is 3. The summed E-state index contributed by atoms with van der Waals surface area (Å²) in [6, 6.07) is 10.0. The fraction of sp³-hybridized carbons (Fsp3) is 0.522. The molecule has 0 amide bonds. The number of anilines is 1. The van der Waals surface area contributed by atoms with E-state index in [0.717, 1.165) is 32.1 Å². The molecule has 3 heterocycles. The molecular formula is C23H25F3N4O3. The van der Waals surface area contributed by atoms with Gasteiger partial charge in [-0.3, -0.25) is 0 Å². The van der Waals surface area contributed by atoms with Crippen LogP contribution in [-0.4, -0.2) is 48.7 Å². The molecule has 2 aliphatic heterocycles. The molecule has 0 N–H and O–H groups in total. The van der Waals surface area contributed by atoms with Gasteiger partial charge in [-0.05, 0) is 43.2 Å². The summed E-state index contributed by atoms with van der Waals surface area (Å²) in [5, 5.41) is 9.76. The highest BCUT2D eigenvalue weighted by Crippen LogP contribution is 2.30. The second-order valence-corrected chi connectivity index (χ2v) is 8.02. The van der Waals surface area contributed by atoms with E-state index in [0.29, 0.717) is 19.7 Å². The molecule has 10 heteroatoms. The number of nitrogens with zero attached hydrogens (tertiary/aromatic N) is 4. The average molecular weight is 462 g/mol. The minimum absolute atomic E-state index is 0.0557. The summed E-state index contributed by atoms with van der Waals surface area (Å²) in [5.74, 6) is 0.0301. The average Bonchev–Trinajstić information content (AvgIpc) is 3.04. The Bertz CT molecular complexity index is 976. The van der Waals surface area contributed by atoms with Crippen LogP contribution in [0, 0.1) is 11.3 Å². The van der Waals surface area contributed by atoms with Crippen molar-refractivity contribution in [3.8, 4) is 11.9 Å². The summed E-state index contributed by atoms with van der Waals surface area (Å²) in [7, 11) is 0. The summed E-state index contributed by atoms with van der Waals surface area (Å²) < 4.78 is 54.7. The normalized spacial score (nSPS) is 18.8. The van der Waals surface area contributed by atoms with Crippen LogP contribution >= 0.6 is 0 Å². The Morgan fingerprint density at radius 1 is 1.12 bits per heavy atom. The number of benzene rings is 1. The van der Waals surface area contributed by atoms with Crippen LogP contribution in [-0.2, 0) is 28.9 Å². The van der Waals surface area contributed by atoms with Crippen molar-refractivity contribution >= 4 is 5.82 Å². The monoisotopic (exact) mass is 462 g/mol. The minimum Gasteiger partial charge on any atom is -0.467 e. The highest BCUT2D eigenvalue weighted by Gasteiger charge is 2.31. The van der Waals surface area contributed by atoms with Crippen molar-refractivity contribution in [1.82, 2.24) is 9.97 Å². The van der Waals surface area contributed by atoms with Gasteiger partial charge in [0.25, 0.3) is 0 Å². The summed E-state index contributed by atoms with van der Waals surface area (Å²) in [5.41, 5.74) is 2.31. The smallest absolute Gasteiger partial charge is 0.422 e. The first kappa shape index (κ1) is 23.3. The van der Waals surface area contributed by atoms with Gasteiger partial charge in [0.1, 0.15) is 12.7 Å². The number of hydrogen-bond donors (Lipinski definition) is 0. The zero-order valence-electron chi connectivity index (χ0n) is 18.1. The van der Waals surface area contributed by atoms with Crippen LogP contribution in [0.15, 0.2) is 24.3 Å². The third-order valence-electron chi connectivity index (χ3n) is 5.64. The highest BCUT2D eigenvalue weighted by atomic mass is 19.4. The predicted molar refractivity (Wildman–Crippen MR) is 113 cm³/mol. The van der Waals surface area contributed by atoms with E-state index < -0.39 is 19.1 Å². The molecule has 7 nitrogen and oxygen atoms in total. The van der Waals surface area contributed by atoms with Gasteiger partial charge < -0.3 is 19.1 Å². The second kappa shape index (κ2) is 10.4. The van der Waals surface area contributed by atoms with E-state index in [2.05, 4.69) is 22.1 Å². The Morgan fingerprint density at radius 3 is 2.45 bits per heavy atom. The van der Waals surface area contributed by atoms with Gasteiger partial charge in [0.05, 0.1) is 0 Å². The highest BCUT2D eigenvalue weighted by molar-refractivity contribution is 5.59. The molecule has 1 atom stereocenters. The number of fused-ring (bicyclic) bond motifs is 1. The Hall–Kier alpha value is -2.90. The largest absolute Gasteiger partial charge is 0.467 e. The Labute approximate surface area is 190 Å². The molecule has 33 heavy (non-hydrogen) atoms. The lowest BCUT2D eigenvalue weighted by molar-refractivity contribution is -0.170. The van der Waals surface area contributed by atoms with Crippen molar-refractivity contribution in [1.29, 1.82) is 5.26 Å². The van der Waals surface area contributed by atoms with Crippen LogP contribution in [0.4, 0.5) is 19.0 Å². The molecule has 1 aromatic heterocycles. The van der Waals surface area contributed by atoms with Gasteiger partial charge in [-0.2, -0.15) is 23.4 Å². The zero-order valence-corrected chi connectivity index (χ0v) is 18.1. The van der Waals surface area contributed by atoms with E-state index in [4.69, 9.17) is 14.2 Å². The van der Waals surface area contributed by atoms with Crippen LogP contribution in [0.1, 0.15) is 41.8 Å². The Morgan fingerprint density at radius 2 is 1.85 bits per heavy atom. The molecule has 0 saturated carbocycles. The molecule has 2 aliphatic rings. The van der Waals surface area contributed by atoms with E-state index in [9.17, 15) is 18.4 Å². The lowest BCUT2D eigenvalue weighted by Gasteiger charge is -2.25. The van der Waals surface area contributed by atoms with E-state index in [1.54, 1.807) is 0 Å². The molecule has 0 aliphatic carbocycles. The van der Waals surface area contributed by atoms with Gasteiger partial charge in [0.15, 0.2) is 30.1 Å². The first-order valence-corrected chi connectivity index (χ1v) is 11.0. The molecule has 0 bridgehead atoms. The van der Waals surface area contributed by atoms with Gasteiger partial charge in [-0.25, -0.2) is 4.98 Å². The fourth-order valence-electron chi connectivity index (χ4n) is 4.01. The lowest BCUT2D eigenvalue weighted by Crippen LogP contribution is -2.29. The van der Waals surface area contributed by atoms with Gasteiger partial charge in [-0.15, -0.1) is 0 Å². The second-order valence-electron chi connectivity index (χ2n) is 8.02. The first-order chi connectivity index (χ1) is 15.9. The Balaban J connectivity index is 1.61. The molecule has 0 spiro atoms. The topological polar surface area (TPSA) is 80.5 Å². The van der Waals surface area contributed by atoms with Crippen LogP contribution in [0.5, 0.6) is 5.88 Å². The molecule has 4 rings (SSSR count). The summed E-state index contributed by atoms with van der Waals surface area (Å²) >= 11 is 0. The van der Waals surface area contributed by atoms with E-state index >= 15 is 0 Å². The van der Waals surface area contributed by atoms with E-state index in [-0.39, 0.29) is 29.7 Å². The van der Waals surface area contributed by atoms with Crippen molar-refractivity contribution in [2.45, 2.75) is 51.2 Å². The SMILES string of the molecule is N#Cc1c(OCC(F)(F)F)nc(COC2CCCCO2)nc1N1CCc2ccccc2CC1. The van der Waals surface area contributed by atoms with Crippen molar-refractivity contribution in [2.75, 3.05) is 31.2 Å². The number of rotatable bonds is 6. The molecule has 1 aromatic carbocycles. The third-order valence-corrected chi connectivity index (χ3v) is 5.64. The van der Waals surface area contributed by atoms with Gasteiger partial charge in [0, 0.05) is 19.7 Å². The molecule has 0 radical (unpaired) electrons. The van der Waals surface area contributed by atoms with Crippen molar-refractivity contribution < 1.29 is 27.4 Å². The maximum Gasteiger partial charge on any atom is 0.422 e. The zero-order chi connectivity index (χ0) is 23.3. The fourth-order valence-corrected chi connectivity index (χ4v) is 4.01. The number of ether oxygens (including phenoxy) is 3. The lowest BCUT2D eigenvalue weighted by atomic mass is 10.0. The quantitative estimate of drug-likeness (QED) is 0.643. The van der Waals surface area contributed by atoms with Crippen LogP contribution < -0.4 is 9.64 Å². The van der Waals surface area contributed by atoms with E-state index in [1.807, 2.05) is 23.1 Å². The Kier molecular flexibility index (Phi) is 7.30. The van der Waals surface area contributed by atoms with Crippen molar-refractivity contribution in [3.05, 3.63) is 46.8 Å². The standard InChI is InChI=1S/C23H25F3N4O3/c24-23(25,26)15-33-22-18(13-27)21(28-19(29-22)14-32-20-7-3-4-12-31-20)30-10-8-16-5-1-2-6-17(16)9-11-30/h1-2,5-6,20H,3-4,7-12,14-15H2. The summed E-state index contributed by atoms with van der Waals surface area (Å²) in [4.78, 5) is 10.5. The third kappa shape index (κ3) is 6.12. The molecule has 176 valence electrons. The number of hydrogen-bond acceptors (Lipinski definition) is 7. The summed E-state index contributed by atoms with van der Waals surface area (Å²) in [6.45, 7) is 0.120. The number of halogens is 3. The van der Waals surface area contributed by atoms with Crippen LogP contribution in [0.3, 0.4) is 0 Å². The molecular weight excluding hydrogens is 437 g/mol. The summed E-state index contributed by atoms with van der Waals surface area (Å²) in [6.07, 6.45) is -0.854. The van der Waals surface area contributed by atoms with Crippen LogP contribution in [0.2, 0.25) is 0 Å². The number of aromatic nitrogens is 2. The van der Waals surface area contributed by atoms with E-state index in [1.165, 1.54) is 11.1 Å². The maximum atomic E-state index is 12.8. The van der Waals surface area contributed by atoms with Crippen molar-refractivity contribution in [3.63, 3.8) is 0 Å². The van der Waals surface area contributed by atoms with Crippen molar-refractivity contribution in [2.24, 2.45) is 0 Å². The van der Waals surface area contributed by atoms with Gasteiger partial charge >= 0.3 is 6.18 Å². The molecule has 1 saturated heterocycles. The minimum atomic E-state index is -4.56. The molecule has 1 unspecified atom stereocenters. The van der Waals surface area contributed by atoms with Gasteiger partial charge in [0.2, 0.25) is 5.88 Å². The van der Waals surface area contributed by atoms with Crippen LogP contribution in [0.25, 0.3) is 0 Å². The van der Waals surface area contributed by atoms with Gasteiger partial charge in [-0.1, -0.05) is 24.3 Å². The molecule has 2 aromatic rings. The number of nitriles is 1.